The normalized spacial score (nSPS) is 11.5. The van der Waals surface area contributed by atoms with E-state index >= 15 is 0 Å². The smallest absolute Gasteiger partial charge is 0.325 e. The van der Waals surface area contributed by atoms with Crippen LogP contribution in [0.4, 0.5) is 18.9 Å². The van der Waals surface area contributed by atoms with E-state index in [2.05, 4.69) is 15.5 Å². The largest absolute Gasteiger partial charge is 0.417 e. The Bertz CT molecular complexity index is 689. The second-order valence-corrected chi connectivity index (χ2v) is 5.60. The van der Waals surface area contributed by atoms with Crippen molar-refractivity contribution in [2.24, 2.45) is 7.05 Å². The first-order valence-electron chi connectivity index (χ1n) is 5.91. The highest BCUT2D eigenvalue weighted by molar-refractivity contribution is 7.99. The van der Waals surface area contributed by atoms with Crippen LogP contribution in [0.5, 0.6) is 0 Å². The number of nitrogens with one attached hydrogen (secondary N) is 1. The minimum Gasteiger partial charge on any atom is -0.325 e. The van der Waals surface area contributed by atoms with E-state index in [1.54, 1.807) is 11.6 Å². The molecule has 0 bridgehead atoms. The van der Waals surface area contributed by atoms with Gasteiger partial charge >= 0.3 is 6.18 Å². The number of alkyl halides is 3. The summed E-state index contributed by atoms with van der Waals surface area (Å²) in [7, 11) is 1.72. The fourth-order valence-electron chi connectivity index (χ4n) is 1.55. The van der Waals surface area contributed by atoms with Crippen molar-refractivity contribution in [2.45, 2.75) is 11.3 Å². The van der Waals surface area contributed by atoms with E-state index in [-0.39, 0.29) is 11.4 Å². The van der Waals surface area contributed by atoms with Crippen LogP contribution in [0.25, 0.3) is 0 Å². The molecule has 0 aliphatic heterocycles. The van der Waals surface area contributed by atoms with Crippen LogP contribution in [0.3, 0.4) is 0 Å². The SMILES string of the molecule is Cn1cnnc1SCC(=O)Nc1ccc(Cl)c(C(F)(F)F)c1. The molecule has 1 aromatic heterocycles. The van der Waals surface area contributed by atoms with Gasteiger partial charge in [0.15, 0.2) is 5.16 Å². The number of carbonyl (C=O) groups is 1. The second-order valence-electron chi connectivity index (χ2n) is 4.25. The molecule has 0 saturated heterocycles. The Morgan fingerprint density at radius 3 is 2.77 bits per heavy atom. The van der Waals surface area contributed by atoms with Crippen molar-refractivity contribution in [3.8, 4) is 0 Å². The maximum Gasteiger partial charge on any atom is 0.417 e. The van der Waals surface area contributed by atoms with Crippen LogP contribution in [0.15, 0.2) is 29.7 Å². The van der Waals surface area contributed by atoms with E-state index in [9.17, 15) is 18.0 Å². The summed E-state index contributed by atoms with van der Waals surface area (Å²) in [6.07, 6.45) is -3.10. The number of hydrogen-bond acceptors (Lipinski definition) is 4. The van der Waals surface area contributed by atoms with Gasteiger partial charge in [-0.3, -0.25) is 4.79 Å². The fraction of sp³-hybridized carbons (Fsp3) is 0.250. The van der Waals surface area contributed by atoms with Gasteiger partial charge in [-0.05, 0) is 18.2 Å². The first-order valence-corrected chi connectivity index (χ1v) is 7.27. The maximum absolute atomic E-state index is 12.7. The molecule has 0 radical (unpaired) electrons. The summed E-state index contributed by atoms with van der Waals surface area (Å²) in [6.45, 7) is 0. The Hall–Kier alpha value is -1.74. The summed E-state index contributed by atoms with van der Waals surface area (Å²) >= 11 is 6.63. The lowest BCUT2D eigenvalue weighted by molar-refractivity contribution is -0.137. The van der Waals surface area contributed by atoms with Crippen LogP contribution in [0.2, 0.25) is 5.02 Å². The van der Waals surface area contributed by atoms with E-state index in [0.29, 0.717) is 5.16 Å². The van der Waals surface area contributed by atoms with Gasteiger partial charge < -0.3 is 9.88 Å². The lowest BCUT2D eigenvalue weighted by Crippen LogP contribution is -2.15. The Balaban J connectivity index is 2.01. The van der Waals surface area contributed by atoms with Gasteiger partial charge in [-0.1, -0.05) is 23.4 Å². The number of anilines is 1. The van der Waals surface area contributed by atoms with Crippen molar-refractivity contribution in [1.29, 1.82) is 0 Å². The minimum absolute atomic E-state index is 0.00346. The molecule has 0 atom stereocenters. The molecule has 2 rings (SSSR count). The number of carbonyl (C=O) groups excluding carboxylic acids is 1. The third-order valence-corrected chi connectivity index (χ3v) is 3.92. The Morgan fingerprint density at radius 1 is 1.45 bits per heavy atom. The number of amides is 1. The molecular formula is C12H10ClF3N4OS. The van der Waals surface area contributed by atoms with Crippen molar-refractivity contribution >= 4 is 35.0 Å². The zero-order chi connectivity index (χ0) is 16.3. The van der Waals surface area contributed by atoms with Gasteiger partial charge in [0.1, 0.15) is 6.33 Å². The predicted octanol–water partition coefficient (Wildman–Crippen LogP) is 3.22. The summed E-state index contributed by atoms with van der Waals surface area (Å²) < 4.78 is 39.8. The summed E-state index contributed by atoms with van der Waals surface area (Å²) in [5.74, 6) is -0.459. The van der Waals surface area contributed by atoms with Crippen molar-refractivity contribution in [3.63, 3.8) is 0 Å². The Labute approximate surface area is 132 Å². The minimum atomic E-state index is -4.58. The average molecular weight is 351 g/mol. The molecule has 2 aromatic rings. The molecule has 0 aliphatic rings. The molecular weight excluding hydrogens is 341 g/mol. The first kappa shape index (κ1) is 16.6. The molecule has 0 unspecified atom stereocenters. The van der Waals surface area contributed by atoms with Crippen LogP contribution < -0.4 is 5.32 Å². The highest BCUT2D eigenvalue weighted by Gasteiger charge is 2.33. The number of halogens is 4. The van der Waals surface area contributed by atoms with Gasteiger partial charge in [0.25, 0.3) is 0 Å². The lowest BCUT2D eigenvalue weighted by Gasteiger charge is -2.11. The number of thioether (sulfide) groups is 1. The number of rotatable bonds is 4. The zero-order valence-corrected chi connectivity index (χ0v) is 12.8. The van der Waals surface area contributed by atoms with Crippen molar-refractivity contribution < 1.29 is 18.0 Å². The number of nitrogens with zero attached hydrogens (tertiary/aromatic N) is 3. The molecule has 0 saturated carbocycles. The maximum atomic E-state index is 12.7. The molecule has 10 heteroatoms. The average Bonchev–Trinajstić information content (AvgIpc) is 2.83. The van der Waals surface area contributed by atoms with Crippen LogP contribution in [0.1, 0.15) is 5.56 Å². The Morgan fingerprint density at radius 2 is 2.18 bits per heavy atom. The quantitative estimate of drug-likeness (QED) is 0.860. The molecule has 22 heavy (non-hydrogen) atoms. The van der Waals surface area contributed by atoms with Crippen LogP contribution >= 0.6 is 23.4 Å². The molecule has 0 fully saturated rings. The van der Waals surface area contributed by atoms with E-state index < -0.39 is 22.7 Å². The summed E-state index contributed by atoms with van der Waals surface area (Å²) in [5.41, 5.74) is -0.965. The molecule has 0 aliphatic carbocycles. The van der Waals surface area contributed by atoms with Gasteiger partial charge in [-0.15, -0.1) is 10.2 Å². The number of aromatic nitrogens is 3. The molecule has 118 valence electrons. The summed E-state index contributed by atoms with van der Waals surface area (Å²) in [4.78, 5) is 11.8. The fourth-order valence-corrected chi connectivity index (χ4v) is 2.46. The molecule has 5 nitrogen and oxygen atoms in total. The van der Waals surface area contributed by atoms with Crippen molar-refractivity contribution in [1.82, 2.24) is 14.8 Å². The topological polar surface area (TPSA) is 59.8 Å². The number of benzene rings is 1. The van der Waals surface area contributed by atoms with E-state index in [4.69, 9.17) is 11.6 Å². The van der Waals surface area contributed by atoms with Gasteiger partial charge in [0.2, 0.25) is 5.91 Å². The highest BCUT2D eigenvalue weighted by atomic mass is 35.5. The van der Waals surface area contributed by atoms with Crippen LogP contribution in [-0.2, 0) is 18.0 Å². The standard InChI is InChI=1S/C12H10ClF3N4OS/c1-20-6-17-19-11(20)22-5-10(21)18-7-2-3-9(13)8(4-7)12(14,15)16/h2-4,6H,5H2,1H3,(H,18,21). The van der Waals surface area contributed by atoms with Crippen LogP contribution in [0, 0.1) is 0 Å². The van der Waals surface area contributed by atoms with Crippen molar-refractivity contribution in [2.75, 3.05) is 11.1 Å². The first-order chi connectivity index (χ1) is 10.3. The third kappa shape index (κ3) is 4.14. The molecule has 1 N–H and O–H groups in total. The second kappa shape index (κ2) is 6.57. The van der Waals surface area contributed by atoms with Gasteiger partial charge in [-0.2, -0.15) is 13.2 Å². The molecule has 1 aromatic carbocycles. The van der Waals surface area contributed by atoms with Crippen LogP contribution in [-0.4, -0.2) is 26.4 Å². The molecule has 0 spiro atoms. The number of aryl methyl sites for hydroxylation is 1. The van der Waals surface area contributed by atoms with Crippen molar-refractivity contribution in [3.05, 3.63) is 35.1 Å². The highest BCUT2D eigenvalue weighted by Crippen LogP contribution is 2.36. The predicted molar refractivity (Wildman–Crippen MR) is 76.8 cm³/mol. The van der Waals surface area contributed by atoms with Gasteiger partial charge in [-0.25, -0.2) is 0 Å². The van der Waals surface area contributed by atoms with Gasteiger partial charge in [0, 0.05) is 12.7 Å². The number of hydrogen-bond donors (Lipinski definition) is 1. The van der Waals surface area contributed by atoms with E-state index in [0.717, 1.165) is 23.9 Å². The van der Waals surface area contributed by atoms with E-state index in [1.165, 1.54) is 12.4 Å². The Kier molecular flexibility index (Phi) is 4.97. The molecule has 1 heterocycles. The summed E-state index contributed by atoms with van der Waals surface area (Å²) in [5, 5.41) is 9.94. The van der Waals surface area contributed by atoms with E-state index in [1.807, 2.05) is 0 Å². The lowest BCUT2D eigenvalue weighted by atomic mass is 10.2. The molecule has 1 amide bonds. The monoisotopic (exact) mass is 350 g/mol. The van der Waals surface area contributed by atoms with Gasteiger partial charge in [0.05, 0.1) is 16.3 Å². The third-order valence-electron chi connectivity index (χ3n) is 2.56. The summed E-state index contributed by atoms with van der Waals surface area (Å²) in [6, 6.07) is 3.20. The zero-order valence-electron chi connectivity index (χ0n) is 11.2.